The van der Waals surface area contributed by atoms with Gasteiger partial charge in [-0.15, -0.1) is 0 Å². The lowest BCUT2D eigenvalue weighted by Gasteiger charge is -2.04. The Balaban J connectivity index is 2.21. The van der Waals surface area contributed by atoms with Gasteiger partial charge in [-0.3, -0.25) is 4.79 Å². The van der Waals surface area contributed by atoms with E-state index in [0.717, 1.165) is 4.47 Å². The van der Waals surface area contributed by atoms with Crippen molar-refractivity contribution < 1.29 is 9.72 Å². The van der Waals surface area contributed by atoms with Crippen LogP contribution in [0.3, 0.4) is 0 Å². The Bertz CT molecular complexity index is 634. The van der Waals surface area contributed by atoms with E-state index in [-0.39, 0.29) is 11.5 Å². The Hall–Kier alpha value is -2.15. The number of nitrogens with one attached hydrogen (secondary N) is 1. The van der Waals surface area contributed by atoms with Crippen LogP contribution in [-0.4, -0.2) is 15.4 Å². The highest BCUT2D eigenvalue weighted by Crippen LogP contribution is 2.18. The van der Waals surface area contributed by atoms with E-state index in [4.69, 9.17) is 0 Å². The number of anilines is 1. The number of nitro groups is 1. The van der Waals surface area contributed by atoms with Crippen LogP contribution in [0.1, 0.15) is 10.5 Å². The van der Waals surface area contributed by atoms with Crippen LogP contribution in [0.4, 0.5) is 11.5 Å². The predicted octanol–water partition coefficient (Wildman–Crippen LogP) is 2.95. The van der Waals surface area contributed by atoms with E-state index in [2.05, 4.69) is 21.2 Å². The Morgan fingerprint density at radius 2 is 1.89 bits per heavy atom. The van der Waals surface area contributed by atoms with Gasteiger partial charge >= 0.3 is 5.82 Å². The monoisotopic (exact) mass is 323 g/mol. The van der Waals surface area contributed by atoms with Crippen molar-refractivity contribution in [3.05, 3.63) is 56.7 Å². The summed E-state index contributed by atoms with van der Waals surface area (Å²) in [7, 11) is 1.48. The molecule has 1 amide bonds. The summed E-state index contributed by atoms with van der Waals surface area (Å²) < 4.78 is 2.15. The first kappa shape index (κ1) is 13.3. The second-order valence-corrected chi connectivity index (χ2v) is 4.77. The molecule has 1 aromatic heterocycles. The fourth-order valence-electron chi connectivity index (χ4n) is 1.64. The average molecular weight is 324 g/mol. The molecule has 6 nitrogen and oxygen atoms in total. The SMILES string of the molecule is Cn1c(C(=O)Nc2ccc(Br)cc2)ccc1[N+](=O)[O-]. The Kier molecular flexibility index (Phi) is 3.66. The second-order valence-electron chi connectivity index (χ2n) is 3.85. The zero-order valence-electron chi connectivity index (χ0n) is 9.96. The van der Waals surface area contributed by atoms with Gasteiger partial charge in [-0.25, -0.2) is 4.57 Å². The molecule has 2 aromatic rings. The van der Waals surface area contributed by atoms with Gasteiger partial charge in [0.1, 0.15) is 0 Å². The molecule has 0 radical (unpaired) electrons. The van der Waals surface area contributed by atoms with E-state index in [1.54, 1.807) is 24.3 Å². The minimum Gasteiger partial charge on any atom is -0.358 e. The first-order valence-corrected chi connectivity index (χ1v) is 6.15. The Morgan fingerprint density at radius 1 is 1.26 bits per heavy atom. The molecule has 2 rings (SSSR count). The van der Waals surface area contributed by atoms with Crippen molar-refractivity contribution in [2.24, 2.45) is 7.05 Å². The van der Waals surface area contributed by atoms with Crippen LogP contribution in [0.2, 0.25) is 0 Å². The van der Waals surface area contributed by atoms with E-state index >= 15 is 0 Å². The van der Waals surface area contributed by atoms with Crippen LogP contribution in [0.5, 0.6) is 0 Å². The molecule has 0 unspecified atom stereocenters. The van der Waals surface area contributed by atoms with Gasteiger partial charge in [-0.05, 0) is 35.3 Å². The number of benzene rings is 1. The lowest BCUT2D eigenvalue weighted by molar-refractivity contribution is -0.391. The standard InChI is InChI=1S/C12H10BrN3O3/c1-15-10(6-7-11(15)16(18)19)12(17)14-9-4-2-8(13)3-5-9/h2-7H,1H3,(H,14,17). The van der Waals surface area contributed by atoms with E-state index in [0.29, 0.717) is 5.69 Å². The molecule has 0 saturated heterocycles. The van der Waals surface area contributed by atoms with Gasteiger partial charge in [0.15, 0.2) is 5.69 Å². The number of aromatic nitrogens is 1. The highest BCUT2D eigenvalue weighted by molar-refractivity contribution is 9.10. The summed E-state index contributed by atoms with van der Waals surface area (Å²) in [4.78, 5) is 22.2. The van der Waals surface area contributed by atoms with Crippen molar-refractivity contribution in [3.8, 4) is 0 Å². The number of nitrogens with zero attached hydrogens (tertiary/aromatic N) is 2. The lowest BCUT2D eigenvalue weighted by Crippen LogP contribution is -2.16. The molecule has 1 N–H and O–H groups in total. The third-order valence-corrected chi connectivity index (χ3v) is 3.15. The van der Waals surface area contributed by atoms with Gasteiger partial charge in [0.25, 0.3) is 5.91 Å². The average Bonchev–Trinajstić information content (AvgIpc) is 2.74. The number of rotatable bonds is 3. The Morgan fingerprint density at radius 3 is 2.42 bits per heavy atom. The number of hydrogen-bond donors (Lipinski definition) is 1. The molecular formula is C12H10BrN3O3. The van der Waals surface area contributed by atoms with Crippen molar-refractivity contribution in [1.82, 2.24) is 4.57 Å². The number of carbonyl (C=O) groups is 1. The molecule has 0 aliphatic rings. The molecule has 7 heteroatoms. The van der Waals surface area contributed by atoms with Gasteiger partial charge in [-0.1, -0.05) is 15.9 Å². The molecule has 1 aromatic carbocycles. The third kappa shape index (κ3) is 2.82. The maximum atomic E-state index is 12.0. The molecule has 0 atom stereocenters. The molecule has 98 valence electrons. The first-order chi connectivity index (χ1) is 8.99. The number of carbonyl (C=O) groups excluding carboxylic acids is 1. The molecule has 0 bridgehead atoms. The number of halogens is 1. The molecule has 0 fully saturated rings. The normalized spacial score (nSPS) is 10.2. The van der Waals surface area contributed by atoms with Gasteiger partial charge < -0.3 is 15.4 Å². The summed E-state index contributed by atoms with van der Waals surface area (Å²) in [6, 6.07) is 9.79. The molecule has 0 aliphatic heterocycles. The van der Waals surface area contributed by atoms with Crippen LogP contribution in [0.15, 0.2) is 40.9 Å². The summed E-state index contributed by atoms with van der Waals surface area (Å²) in [6.07, 6.45) is 0. The van der Waals surface area contributed by atoms with Crippen molar-refractivity contribution in [2.75, 3.05) is 5.32 Å². The first-order valence-electron chi connectivity index (χ1n) is 5.36. The van der Waals surface area contributed by atoms with Crippen LogP contribution in [0.25, 0.3) is 0 Å². The maximum absolute atomic E-state index is 12.0. The van der Waals surface area contributed by atoms with Crippen LogP contribution in [-0.2, 0) is 7.05 Å². The molecule has 19 heavy (non-hydrogen) atoms. The minimum absolute atomic E-state index is 0.124. The van der Waals surface area contributed by atoms with E-state index in [1.807, 2.05) is 0 Å². The molecule has 0 saturated carbocycles. The van der Waals surface area contributed by atoms with Crippen molar-refractivity contribution in [1.29, 1.82) is 0 Å². The zero-order valence-corrected chi connectivity index (χ0v) is 11.5. The van der Waals surface area contributed by atoms with Gasteiger partial charge in [0, 0.05) is 16.2 Å². The zero-order chi connectivity index (χ0) is 14.0. The van der Waals surface area contributed by atoms with Crippen LogP contribution >= 0.6 is 15.9 Å². The number of amides is 1. The van der Waals surface area contributed by atoms with Gasteiger partial charge in [-0.2, -0.15) is 0 Å². The van der Waals surface area contributed by atoms with E-state index in [1.165, 1.54) is 23.7 Å². The van der Waals surface area contributed by atoms with Crippen molar-refractivity contribution >= 4 is 33.3 Å². The van der Waals surface area contributed by atoms with Crippen molar-refractivity contribution in [3.63, 3.8) is 0 Å². The maximum Gasteiger partial charge on any atom is 0.323 e. The molecular weight excluding hydrogens is 314 g/mol. The largest absolute Gasteiger partial charge is 0.358 e. The fourth-order valence-corrected chi connectivity index (χ4v) is 1.90. The molecule has 1 heterocycles. The number of hydrogen-bond acceptors (Lipinski definition) is 3. The fraction of sp³-hybridized carbons (Fsp3) is 0.0833. The Labute approximate surface area is 117 Å². The summed E-state index contributed by atoms with van der Waals surface area (Å²) in [6.45, 7) is 0. The highest BCUT2D eigenvalue weighted by Gasteiger charge is 2.20. The topological polar surface area (TPSA) is 77.2 Å². The third-order valence-electron chi connectivity index (χ3n) is 2.62. The summed E-state index contributed by atoms with van der Waals surface area (Å²) in [5.74, 6) is -0.515. The quantitative estimate of drug-likeness (QED) is 0.696. The lowest BCUT2D eigenvalue weighted by atomic mass is 10.3. The van der Waals surface area contributed by atoms with Gasteiger partial charge in [0.05, 0.1) is 7.05 Å². The molecule has 0 spiro atoms. The van der Waals surface area contributed by atoms with E-state index < -0.39 is 10.8 Å². The van der Waals surface area contributed by atoms with E-state index in [9.17, 15) is 14.9 Å². The summed E-state index contributed by atoms with van der Waals surface area (Å²) in [5.41, 5.74) is 0.853. The van der Waals surface area contributed by atoms with Crippen LogP contribution in [0, 0.1) is 10.1 Å². The predicted molar refractivity (Wildman–Crippen MR) is 74.2 cm³/mol. The van der Waals surface area contributed by atoms with Gasteiger partial charge in [0.2, 0.25) is 0 Å². The van der Waals surface area contributed by atoms with Crippen LogP contribution < -0.4 is 5.32 Å². The summed E-state index contributed by atoms with van der Waals surface area (Å²) >= 11 is 3.30. The van der Waals surface area contributed by atoms with Crippen molar-refractivity contribution in [2.45, 2.75) is 0 Å². The molecule has 0 aliphatic carbocycles. The minimum atomic E-state index is -0.531. The second kappa shape index (κ2) is 5.23. The smallest absolute Gasteiger partial charge is 0.323 e. The highest BCUT2D eigenvalue weighted by atomic mass is 79.9. The summed E-state index contributed by atoms with van der Waals surface area (Å²) in [5, 5.41) is 13.4.